The molecule has 0 bridgehead atoms. The fraction of sp³-hybridized carbons (Fsp3) is 0.636. The predicted molar refractivity (Wildman–Crippen MR) is 72.0 cm³/mol. The molecule has 1 aromatic rings. The zero-order valence-electron chi connectivity index (χ0n) is 9.87. The van der Waals surface area contributed by atoms with Crippen molar-refractivity contribution < 1.29 is 0 Å². The lowest BCUT2D eigenvalue weighted by atomic mass is 9.95. The van der Waals surface area contributed by atoms with Gasteiger partial charge in [0.05, 0.1) is 21.9 Å². The molecule has 0 spiro atoms. The highest BCUT2D eigenvalue weighted by molar-refractivity contribution is 14.1. The van der Waals surface area contributed by atoms with E-state index in [0.29, 0.717) is 0 Å². The van der Waals surface area contributed by atoms with Gasteiger partial charge in [0.1, 0.15) is 5.54 Å². The zero-order chi connectivity index (χ0) is 12.2. The molecule has 1 heterocycles. The van der Waals surface area contributed by atoms with Crippen molar-refractivity contribution in [3.63, 3.8) is 0 Å². The van der Waals surface area contributed by atoms with Gasteiger partial charge in [0.25, 0.3) is 0 Å². The highest BCUT2D eigenvalue weighted by Gasteiger charge is 2.26. The molecule has 0 amide bonds. The van der Waals surface area contributed by atoms with Crippen LogP contribution in [0.1, 0.15) is 33.2 Å². The van der Waals surface area contributed by atoms with E-state index in [1.807, 2.05) is 30.9 Å². The van der Waals surface area contributed by atoms with Crippen LogP contribution in [-0.4, -0.2) is 21.9 Å². The van der Waals surface area contributed by atoms with E-state index < -0.39 is 5.54 Å². The normalized spacial score (nSPS) is 16.4. The van der Waals surface area contributed by atoms with E-state index in [0.717, 1.165) is 16.5 Å². The Morgan fingerprint density at radius 2 is 2.44 bits per heavy atom. The first-order valence-corrected chi connectivity index (χ1v) is 6.44. The molecule has 0 fully saturated rings. The Morgan fingerprint density at radius 1 is 1.75 bits per heavy atom. The summed E-state index contributed by atoms with van der Waals surface area (Å²) in [7, 11) is 0. The molecule has 4 nitrogen and oxygen atoms in total. The maximum atomic E-state index is 9.17. The van der Waals surface area contributed by atoms with Gasteiger partial charge < -0.3 is 0 Å². The molecule has 0 saturated carbocycles. The summed E-state index contributed by atoms with van der Waals surface area (Å²) < 4.78 is 3.03. The molecule has 2 unspecified atom stereocenters. The smallest absolute Gasteiger partial charge is 0.105 e. The predicted octanol–water partition coefficient (Wildman–Crippen LogP) is 2.33. The van der Waals surface area contributed by atoms with Crippen molar-refractivity contribution in [1.29, 1.82) is 5.26 Å². The Labute approximate surface area is 110 Å². The largest absolute Gasteiger partial charge is 0.300 e. The summed E-state index contributed by atoms with van der Waals surface area (Å²) >= 11 is 2.23. The fourth-order valence-electron chi connectivity index (χ4n) is 1.79. The lowest BCUT2D eigenvalue weighted by molar-refractivity contribution is 0.337. The van der Waals surface area contributed by atoms with E-state index in [9.17, 15) is 5.26 Å². The molecule has 88 valence electrons. The van der Waals surface area contributed by atoms with Crippen LogP contribution in [0.2, 0.25) is 0 Å². The number of rotatable bonds is 5. The minimum Gasteiger partial charge on any atom is -0.300 e. The summed E-state index contributed by atoms with van der Waals surface area (Å²) in [6.07, 6.45) is 4.57. The molecular weight excluding hydrogens is 315 g/mol. The van der Waals surface area contributed by atoms with Crippen molar-refractivity contribution in [2.45, 2.75) is 38.8 Å². The van der Waals surface area contributed by atoms with Crippen LogP contribution in [0.4, 0.5) is 0 Å². The Hall–Kier alpha value is -0.610. The number of halogens is 1. The SMILES string of the molecule is CCNC(C)(C#N)CC(C)n1cc(I)cn1. The summed E-state index contributed by atoms with van der Waals surface area (Å²) in [5, 5.41) is 16.7. The topological polar surface area (TPSA) is 53.6 Å². The van der Waals surface area contributed by atoms with Gasteiger partial charge in [-0.05, 0) is 43.0 Å². The molecule has 0 radical (unpaired) electrons. The van der Waals surface area contributed by atoms with Crippen molar-refractivity contribution in [1.82, 2.24) is 15.1 Å². The molecule has 2 atom stereocenters. The van der Waals surface area contributed by atoms with Gasteiger partial charge in [-0.1, -0.05) is 6.92 Å². The van der Waals surface area contributed by atoms with Gasteiger partial charge in [0.2, 0.25) is 0 Å². The number of nitriles is 1. The Morgan fingerprint density at radius 3 is 2.88 bits per heavy atom. The second-order valence-electron chi connectivity index (χ2n) is 4.17. The molecule has 1 rings (SSSR count). The molecule has 0 saturated heterocycles. The molecule has 0 aliphatic heterocycles. The summed E-state index contributed by atoms with van der Waals surface area (Å²) in [5.41, 5.74) is -0.481. The maximum absolute atomic E-state index is 9.17. The lowest BCUT2D eigenvalue weighted by Crippen LogP contribution is -2.42. The molecule has 5 heteroatoms. The number of hydrogen-bond acceptors (Lipinski definition) is 3. The van der Waals surface area contributed by atoms with E-state index in [1.165, 1.54) is 0 Å². The minimum absolute atomic E-state index is 0.215. The van der Waals surface area contributed by atoms with Crippen LogP contribution in [0.5, 0.6) is 0 Å². The third-order valence-electron chi connectivity index (χ3n) is 2.54. The number of nitrogens with one attached hydrogen (secondary N) is 1. The standard InChI is InChI=1S/C11H17IN4/c1-4-14-11(3,8-13)5-9(2)16-7-10(12)6-15-16/h6-7,9,14H,4-5H2,1-3H3. The molecule has 16 heavy (non-hydrogen) atoms. The van der Waals surface area contributed by atoms with Crippen LogP contribution in [0, 0.1) is 14.9 Å². The molecular formula is C11H17IN4. The first-order chi connectivity index (χ1) is 7.50. The van der Waals surface area contributed by atoms with E-state index >= 15 is 0 Å². The van der Waals surface area contributed by atoms with E-state index in [1.54, 1.807) is 0 Å². The molecule has 0 aliphatic rings. The third-order valence-corrected chi connectivity index (χ3v) is 3.10. The summed E-state index contributed by atoms with van der Waals surface area (Å²) in [6, 6.07) is 2.55. The van der Waals surface area contributed by atoms with Crippen molar-refractivity contribution in [3.8, 4) is 6.07 Å². The lowest BCUT2D eigenvalue weighted by Gasteiger charge is -2.26. The monoisotopic (exact) mass is 332 g/mol. The maximum Gasteiger partial charge on any atom is 0.105 e. The van der Waals surface area contributed by atoms with Crippen LogP contribution in [0.15, 0.2) is 12.4 Å². The van der Waals surface area contributed by atoms with E-state index in [-0.39, 0.29) is 6.04 Å². The van der Waals surface area contributed by atoms with Crippen LogP contribution in [-0.2, 0) is 0 Å². The van der Waals surface area contributed by atoms with Crippen molar-refractivity contribution >= 4 is 22.6 Å². The van der Waals surface area contributed by atoms with Gasteiger partial charge in [-0.25, -0.2) is 0 Å². The quantitative estimate of drug-likeness (QED) is 0.842. The second kappa shape index (κ2) is 5.64. The number of hydrogen-bond donors (Lipinski definition) is 1. The Kier molecular flexibility index (Phi) is 4.74. The number of aromatic nitrogens is 2. The van der Waals surface area contributed by atoms with Gasteiger partial charge in [-0.2, -0.15) is 10.4 Å². The summed E-state index contributed by atoms with van der Waals surface area (Å²) in [5.74, 6) is 0. The van der Waals surface area contributed by atoms with Gasteiger partial charge in [-0.15, -0.1) is 0 Å². The number of nitrogens with zero attached hydrogens (tertiary/aromatic N) is 3. The fourth-order valence-corrected chi connectivity index (χ4v) is 2.20. The van der Waals surface area contributed by atoms with E-state index in [4.69, 9.17) is 0 Å². The van der Waals surface area contributed by atoms with Crippen molar-refractivity contribution in [2.75, 3.05) is 6.54 Å². The van der Waals surface area contributed by atoms with Crippen LogP contribution < -0.4 is 5.32 Å². The first-order valence-electron chi connectivity index (χ1n) is 5.36. The molecule has 1 aromatic heterocycles. The molecule has 0 aliphatic carbocycles. The minimum atomic E-state index is -0.481. The average molecular weight is 332 g/mol. The van der Waals surface area contributed by atoms with Crippen LogP contribution in [0.25, 0.3) is 0 Å². The third kappa shape index (κ3) is 3.46. The highest BCUT2D eigenvalue weighted by atomic mass is 127. The molecule has 1 N–H and O–H groups in total. The average Bonchev–Trinajstić information content (AvgIpc) is 2.65. The second-order valence-corrected chi connectivity index (χ2v) is 5.41. The Balaban J connectivity index is 2.70. The van der Waals surface area contributed by atoms with Crippen molar-refractivity contribution in [3.05, 3.63) is 16.0 Å². The van der Waals surface area contributed by atoms with Gasteiger partial charge in [-0.3, -0.25) is 10.00 Å². The van der Waals surface area contributed by atoms with Crippen LogP contribution in [0.3, 0.4) is 0 Å². The zero-order valence-corrected chi connectivity index (χ0v) is 12.0. The van der Waals surface area contributed by atoms with Gasteiger partial charge >= 0.3 is 0 Å². The summed E-state index contributed by atoms with van der Waals surface area (Å²) in [4.78, 5) is 0. The van der Waals surface area contributed by atoms with E-state index in [2.05, 4.69) is 46.0 Å². The van der Waals surface area contributed by atoms with Crippen molar-refractivity contribution in [2.24, 2.45) is 0 Å². The molecule has 0 aromatic carbocycles. The van der Waals surface area contributed by atoms with Gasteiger partial charge in [0, 0.05) is 12.6 Å². The van der Waals surface area contributed by atoms with Gasteiger partial charge in [0.15, 0.2) is 0 Å². The van der Waals surface area contributed by atoms with Crippen LogP contribution >= 0.6 is 22.6 Å². The Bertz CT molecular complexity index is 382. The summed E-state index contributed by atoms with van der Waals surface area (Å²) in [6.45, 7) is 6.82. The first kappa shape index (κ1) is 13.5. The highest BCUT2D eigenvalue weighted by Crippen LogP contribution is 2.20.